The van der Waals surface area contributed by atoms with Crippen LogP contribution in [0.15, 0.2) is 48.8 Å². The number of carbonyl (C=O) groups excluding carboxylic acids is 4. The maximum atomic E-state index is 13.2. The Hall–Kier alpha value is -3.55. The molecule has 1 aliphatic heterocycles. The van der Waals surface area contributed by atoms with Crippen molar-refractivity contribution in [2.75, 3.05) is 6.54 Å². The zero-order valence-electron chi connectivity index (χ0n) is 19.6. The fourth-order valence-electron chi connectivity index (χ4n) is 3.98. The predicted octanol–water partition coefficient (Wildman–Crippen LogP) is 2.78. The normalized spacial score (nSPS) is 17.3. The van der Waals surface area contributed by atoms with Crippen molar-refractivity contribution in [2.24, 2.45) is 11.8 Å². The number of Topliss-reactive ketones (excluding diaryl/α,β-unsaturated/α-hetero) is 2. The van der Waals surface area contributed by atoms with E-state index in [1.807, 2.05) is 36.4 Å². The summed E-state index contributed by atoms with van der Waals surface area (Å²) in [6.07, 6.45) is 4.20. The molecule has 0 fully saturated rings. The summed E-state index contributed by atoms with van der Waals surface area (Å²) in [4.78, 5) is 55.1. The van der Waals surface area contributed by atoms with E-state index in [0.29, 0.717) is 13.0 Å². The molecule has 34 heavy (non-hydrogen) atoms. The summed E-state index contributed by atoms with van der Waals surface area (Å²) in [7, 11) is 0. The second-order valence-corrected chi connectivity index (χ2v) is 8.92. The lowest BCUT2D eigenvalue weighted by Gasteiger charge is -2.23. The first-order valence-electron chi connectivity index (χ1n) is 11.6. The van der Waals surface area contributed by atoms with Gasteiger partial charge in [-0.05, 0) is 41.9 Å². The van der Waals surface area contributed by atoms with Crippen LogP contribution in [0.5, 0.6) is 0 Å². The van der Waals surface area contributed by atoms with E-state index < -0.39 is 29.7 Å². The number of hydrogen-bond donors (Lipinski definition) is 2. The van der Waals surface area contributed by atoms with Gasteiger partial charge in [0.1, 0.15) is 6.61 Å². The molecule has 3 rings (SSSR count). The zero-order valence-corrected chi connectivity index (χ0v) is 19.6. The predicted molar refractivity (Wildman–Crippen MR) is 126 cm³/mol. The van der Waals surface area contributed by atoms with Crippen molar-refractivity contribution in [3.05, 3.63) is 65.5 Å². The highest BCUT2D eigenvalue weighted by atomic mass is 16.5. The van der Waals surface area contributed by atoms with Crippen molar-refractivity contribution in [2.45, 2.75) is 52.2 Å². The van der Waals surface area contributed by atoms with E-state index >= 15 is 0 Å². The van der Waals surface area contributed by atoms with Crippen LogP contribution in [0.25, 0.3) is 0 Å². The lowest BCUT2D eigenvalue weighted by Crippen LogP contribution is -2.46. The number of rotatable bonds is 7. The van der Waals surface area contributed by atoms with Gasteiger partial charge in [0.05, 0.1) is 6.04 Å². The van der Waals surface area contributed by atoms with Crippen molar-refractivity contribution in [3.63, 3.8) is 0 Å². The van der Waals surface area contributed by atoms with Crippen LogP contribution in [0.3, 0.4) is 0 Å². The van der Waals surface area contributed by atoms with Gasteiger partial charge < -0.3 is 15.4 Å². The first kappa shape index (κ1) is 25.1. The summed E-state index contributed by atoms with van der Waals surface area (Å²) in [5.74, 6) is -2.71. The molecule has 2 N–H and O–H groups in total. The molecule has 0 saturated carbocycles. The van der Waals surface area contributed by atoms with Gasteiger partial charge in [0.2, 0.25) is 5.78 Å². The fraction of sp³-hybridized carbons (Fsp3) is 0.423. The van der Waals surface area contributed by atoms with Gasteiger partial charge in [0.25, 0.3) is 5.91 Å². The molecule has 1 aromatic carbocycles. The topological polar surface area (TPSA) is 114 Å². The number of ketones is 2. The molecule has 2 unspecified atom stereocenters. The third-order valence-electron chi connectivity index (χ3n) is 5.80. The number of fused-ring (bicyclic) bond motifs is 2. The zero-order chi connectivity index (χ0) is 24.5. The largest absolute Gasteiger partial charge is 0.445 e. The SMILES string of the molecule is CC(C)C(NC(=O)OCc1ccccc1)C(=O)CC1Cc2cncc(c2)CCCNC(=O)C1=O. The number of pyridine rings is 1. The molecule has 2 aromatic rings. The van der Waals surface area contributed by atoms with Gasteiger partial charge >= 0.3 is 6.09 Å². The summed E-state index contributed by atoms with van der Waals surface area (Å²) in [6, 6.07) is 10.3. The van der Waals surface area contributed by atoms with Gasteiger partial charge in [0, 0.05) is 31.3 Å². The van der Waals surface area contributed by atoms with E-state index in [4.69, 9.17) is 4.74 Å². The van der Waals surface area contributed by atoms with E-state index in [1.165, 1.54) is 0 Å². The van der Waals surface area contributed by atoms with Crippen LogP contribution >= 0.6 is 0 Å². The minimum atomic E-state index is -0.846. The molecule has 0 spiro atoms. The Labute approximate surface area is 199 Å². The lowest BCUT2D eigenvalue weighted by molar-refractivity contribution is -0.141. The second-order valence-electron chi connectivity index (χ2n) is 8.92. The number of hydrogen-bond acceptors (Lipinski definition) is 6. The minimum absolute atomic E-state index is 0.0797. The van der Waals surface area contributed by atoms with Crippen molar-refractivity contribution < 1.29 is 23.9 Å². The van der Waals surface area contributed by atoms with Crippen LogP contribution in [0, 0.1) is 11.8 Å². The van der Waals surface area contributed by atoms with E-state index in [9.17, 15) is 19.2 Å². The number of amides is 2. The summed E-state index contributed by atoms with van der Waals surface area (Å²) in [6.45, 7) is 4.06. The van der Waals surface area contributed by atoms with Crippen molar-refractivity contribution in [1.82, 2.24) is 15.6 Å². The molecule has 0 aliphatic carbocycles. The number of carbonyl (C=O) groups is 4. The summed E-state index contributed by atoms with van der Waals surface area (Å²) in [5, 5.41) is 5.28. The first-order valence-corrected chi connectivity index (χ1v) is 11.6. The van der Waals surface area contributed by atoms with Gasteiger partial charge in [-0.1, -0.05) is 50.2 Å². The Morgan fingerprint density at radius 2 is 1.88 bits per heavy atom. The number of nitrogens with zero attached hydrogens (tertiary/aromatic N) is 1. The quantitative estimate of drug-likeness (QED) is 0.608. The molecule has 8 heteroatoms. The molecule has 8 nitrogen and oxygen atoms in total. The van der Waals surface area contributed by atoms with E-state index in [0.717, 1.165) is 23.1 Å². The molecule has 180 valence electrons. The number of ether oxygens (including phenoxy) is 1. The van der Waals surface area contributed by atoms with E-state index in [-0.39, 0.29) is 31.1 Å². The smallest absolute Gasteiger partial charge is 0.408 e. The third-order valence-corrected chi connectivity index (χ3v) is 5.80. The highest BCUT2D eigenvalue weighted by Gasteiger charge is 2.32. The maximum absolute atomic E-state index is 13.2. The molecule has 2 bridgehead atoms. The Kier molecular flexibility index (Phi) is 8.90. The number of aromatic nitrogens is 1. The molecule has 0 radical (unpaired) electrons. The third kappa shape index (κ3) is 7.23. The van der Waals surface area contributed by atoms with Crippen LogP contribution in [0.4, 0.5) is 4.79 Å². The van der Waals surface area contributed by atoms with Crippen LogP contribution in [-0.4, -0.2) is 41.1 Å². The monoisotopic (exact) mass is 465 g/mol. The number of alkyl carbamates (subject to hydrolysis) is 1. The van der Waals surface area contributed by atoms with Gasteiger partial charge in [0.15, 0.2) is 5.78 Å². The highest BCUT2D eigenvalue weighted by Crippen LogP contribution is 2.19. The molecule has 2 amide bonds. The molecule has 0 saturated heterocycles. The van der Waals surface area contributed by atoms with Crippen LogP contribution in [0.2, 0.25) is 0 Å². The van der Waals surface area contributed by atoms with Crippen molar-refractivity contribution in [3.8, 4) is 0 Å². The first-order chi connectivity index (χ1) is 16.3. The number of nitrogens with one attached hydrogen (secondary N) is 2. The average Bonchev–Trinajstić information content (AvgIpc) is 2.84. The van der Waals surface area contributed by atoms with Gasteiger partial charge in [-0.15, -0.1) is 0 Å². The lowest BCUT2D eigenvalue weighted by atomic mass is 9.86. The minimum Gasteiger partial charge on any atom is -0.445 e. The summed E-state index contributed by atoms with van der Waals surface area (Å²) >= 11 is 0. The van der Waals surface area contributed by atoms with Gasteiger partial charge in [-0.2, -0.15) is 0 Å². The number of aryl methyl sites for hydroxylation is 1. The van der Waals surface area contributed by atoms with Crippen LogP contribution < -0.4 is 10.6 Å². The standard InChI is InChI=1S/C26H31N3O5/c1-17(2)23(29-26(33)34-16-18-7-4-3-5-8-18)22(30)13-21-12-20-11-19(14-27-15-20)9-6-10-28-25(32)24(21)31/h3-5,7-8,11,14-15,17,21,23H,6,9-10,12-13,16H2,1-2H3,(H,28,32)(H,29,33). The second kappa shape index (κ2) is 12.1. The molecule has 2 atom stereocenters. The molecule has 1 aliphatic rings. The van der Waals surface area contributed by atoms with Gasteiger partial charge in [-0.25, -0.2) is 4.79 Å². The summed E-state index contributed by atoms with van der Waals surface area (Å²) < 4.78 is 5.26. The Bertz CT molecular complexity index is 1020. The Morgan fingerprint density at radius 3 is 2.62 bits per heavy atom. The molecular formula is C26H31N3O5. The number of benzene rings is 1. The molecular weight excluding hydrogens is 434 g/mol. The van der Waals surface area contributed by atoms with Gasteiger partial charge in [-0.3, -0.25) is 19.4 Å². The van der Waals surface area contributed by atoms with Crippen LogP contribution in [0.1, 0.15) is 43.4 Å². The Balaban J connectivity index is 1.69. The fourth-order valence-corrected chi connectivity index (χ4v) is 3.98. The average molecular weight is 466 g/mol. The highest BCUT2D eigenvalue weighted by molar-refractivity contribution is 6.37. The maximum Gasteiger partial charge on any atom is 0.408 e. The summed E-state index contributed by atoms with van der Waals surface area (Å²) in [5.41, 5.74) is 2.65. The molecule has 1 aromatic heterocycles. The Morgan fingerprint density at radius 1 is 1.15 bits per heavy atom. The van der Waals surface area contributed by atoms with Crippen molar-refractivity contribution >= 4 is 23.6 Å². The van der Waals surface area contributed by atoms with Crippen molar-refractivity contribution in [1.29, 1.82) is 0 Å². The van der Waals surface area contributed by atoms with E-state index in [2.05, 4.69) is 15.6 Å². The molecule has 2 heterocycles. The van der Waals surface area contributed by atoms with E-state index in [1.54, 1.807) is 26.2 Å². The van der Waals surface area contributed by atoms with Crippen LogP contribution in [-0.2, 0) is 38.6 Å².